The largest absolute Gasteiger partial charge is 0.480 e. The third-order valence-corrected chi connectivity index (χ3v) is 3.77. The Morgan fingerprint density at radius 1 is 1.73 bits per heavy atom. The fourth-order valence-corrected chi connectivity index (χ4v) is 2.50. The molecule has 1 N–H and O–H groups in total. The smallest absolute Gasteiger partial charge is 0.319 e. The Kier molecular flexibility index (Phi) is 4.02. The van der Waals surface area contributed by atoms with Gasteiger partial charge in [0.05, 0.1) is 11.4 Å². The van der Waals surface area contributed by atoms with E-state index in [0.717, 1.165) is 0 Å². The third kappa shape index (κ3) is 3.16. The lowest BCUT2D eigenvalue weighted by atomic mass is 10.3. The molecular formula is C9H14N2O3S. The van der Waals surface area contributed by atoms with Gasteiger partial charge < -0.3 is 5.11 Å². The second-order valence-electron chi connectivity index (χ2n) is 3.24. The molecule has 0 spiro atoms. The van der Waals surface area contributed by atoms with Crippen molar-refractivity contribution in [3.8, 4) is 0 Å². The number of carboxylic acids is 1. The van der Waals surface area contributed by atoms with Crippen molar-refractivity contribution in [2.45, 2.75) is 24.3 Å². The minimum Gasteiger partial charge on any atom is -0.480 e. The minimum absolute atomic E-state index is 0.200. The monoisotopic (exact) mass is 230 g/mol. The number of hydrogen-bond acceptors (Lipinski definition) is 3. The number of aromatic nitrogens is 2. The van der Waals surface area contributed by atoms with Crippen LogP contribution in [0.5, 0.6) is 0 Å². The van der Waals surface area contributed by atoms with E-state index in [4.69, 9.17) is 5.11 Å². The molecule has 0 radical (unpaired) electrons. The van der Waals surface area contributed by atoms with Gasteiger partial charge in [-0.25, -0.2) is 0 Å². The Morgan fingerprint density at radius 2 is 2.40 bits per heavy atom. The van der Waals surface area contributed by atoms with Gasteiger partial charge in [-0.2, -0.15) is 5.10 Å². The van der Waals surface area contributed by atoms with E-state index >= 15 is 0 Å². The number of carboxylic acid groups (broad SMARTS) is 1. The summed E-state index contributed by atoms with van der Waals surface area (Å²) < 4.78 is 13.3. The summed E-state index contributed by atoms with van der Waals surface area (Å²) in [5.74, 6) is -0.808. The number of aliphatic carboxylic acids is 1. The highest BCUT2D eigenvalue weighted by atomic mass is 32.2. The Labute approximate surface area is 90.6 Å². The lowest BCUT2D eigenvalue weighted by molar-refractivity contribution is -0.136. The summed E-state index contributed by atoms with van der Waals surface area (Å²) in [4.78, 5) is 10.7. The van der Waals surface area contributed by atoms with Crippen LogP contribution in [0.4, 0.5) is 0 Å². The van der Waals surface area contributed by atoms with Crippen LogP contribution in [-0.4, -0.2) is 30.3 Å². The molecule has 6 heteroatoms. The quantitative estimate of drug-likeness (QED) is 0.801. The zero-order valence-corrected chi connectivity index (χ0v) is 9.53. The first kappa shape index (κ1) is 11.9. The first-order valence-electron chi connectivity index (χ1n) is 4.63. The predicted octanol–water partition coefficient (Wildman–Crippen LogP) is 0.532. The molecule has 5 nitrogen and oxygen atoms in total. The molecule has 1 aromatic rings. The second-order valence-corrected chi connectivity index (χ2v) is 4.86. The average Bonchev–Trinajstić information content (AvgIpc) is 2.51. The fraction of sp³-hybridized carbons (Fsp3) is 0.556. The van der Waals surface area contributed by atoms with E-state index < -0.39 is 22.0 Å². The molecule has 0 aliphatic carbocycles. The summed E-state index contributed by atoms with van der Waals surface area (Å²) >= 11 is 0. The van der Waals surface area contributed by atoms with E-state index in [1.165, 1.54) is 0 Å². The maximum atomic E-state index is 11.7. The SMILES string of the molecule is CCC(C(=O)O)S(=O)Cc1ccn(C)n1. The van der Waals surface area contributed by atoms with Crippen molar-refractivity contribution in [2.24, 2.45) is 7.05 Å². The van der Waals surface area contributed by atoms with Gasteiger partial charge in [-0.15, -0.1) is 0 Å². The predicted molar refractivity (Wildman–Crippen MR) is 56.8 cm³/mol. The van der Waals surface area contributed by atoms with Gasteiger partial charge in [-0.05, 0) is 12.5 Å². The Balaban J connectivity index is 2.66. The van der Waals surface area contributed by atoms with E-state index in [-0.39, 0.29) is 5.75 Å². The fourth-order valence-electron chi connectivity index (χ4n) is 1.26. The van der Waals surface area contributed by atoms with Crippen LogP contribution in [-0.2, 0) is 28.4 Å². The molecule has 0 aromatic carbocycles. The molecule has 1 aromatic heterocycles. The average molecular weight is 230 g/mol. The van der Waals surface area contributed by atoms with Crippen molar-refractivity contribution in [2.75, 3.05) is 0 Å². The van der Waals surface area contributed by atoms with Crippen LogP contribution in [0.2, 0.25) is 0 Å². The molecule has 0 aliphatic heterocycles. The molecule has 0 saturated heterocycles. The van der Waals surface area contributed by atoms with Gasteiger partial charge in [0, 0.05) is 24.0 Å². The maximum absolute atomic E-state index is 11.7. The molecular weight excluding hydrogens is 216 g/mol. The van der Waals surface area contributed by atoms with E-state index in [2.05, 4.69) is 5.10 Å². The summed E-state index contributed by atoms with van der Waals surface area (Å²) in [5.41, 5.74) is 0.663. The van der Waals surface area contributed by atoms with Crippen molar-refractivity contribution >= 4 is 16.8 Å². The first-order valence-corrected chi connectivity index (χ1v) is 6.01. The lowest BCUT2D eigenvalue weighted by Gasteiger charge is -2.07. The van der Waals surface area contributed by atoms with Gasteiger partial charge in [0.15, 0.2) is 0 Å². The maximum Gasteiger partial charge on any atom is 0.319 e. The summed E-state index contributed by atoms with van der Waals surface area (Å²) in [5, 5.41) is 12.1. The molecule has 0 aliphatic rings. The van der Waals surface area contributed by atoms with Crippen LogP contribution in [0.3, 0.4) is 0 Å². The molecule has 84 valence electrons. The number of nitrogens with zero attached hydrogens (tertiary/aromatic N) is 2. The van der Waals surface area contributed by atoms with Crippen LogP contribution in [0.15, 0.2) is 12.3 Å². The molecule has 2 atom stereocenters. The van der Waals surface area contributed by atoms with Crippen LogP contribution in [0.1, 0.15) is 19.0 Å². The normalized spacial score (nSPS) is 14.8. The van der Waals surface area contributed by atoms with Crippen LogP contribution >= 0.6 is 0 Å². The Morgan fingerprint density at radius 3 is 2.80 bits per heavy atom. The molecule has 0 saturated carbocycles. The standard InChI is InChI=1S/C9H14N2O3S/c1-3-8(9(12)13)15(14)6-7-4-5-11(2)10-7/h4-5,8H,3,6H2,1-2H3,(H,12,13). The van der Waals surface area contributed by atoms with Gasteiger partial charge in [0.2, 0.25) is 0 Å². The van der Waals surface area contributed by atoms with Gasteiger partial charge in [0.25, 0.3) is 0 Å². The van der Waals surface area contributed by atoms with Crippen molar-refractivity contribution in [1.82, 2.24) is 9.78 Å². The highest BCUT2D eigenvalue weighted by Gasteiger charge is 2.23. The van der Waals surface area contributed by atoms with Crippen molar-refractivity contribution < 1.29 is 14.1 Å². The van der Waals surface area contributed by atoms with Crippen molar-refractivity contribution in [3.05, 3.63) is 18.0 Å². The molecule has 2 unspecified atom stereocenters. The van der Waals surface area contributed by atoms with Crippen molar-refractivity contribution in [3.63, 3.8) is 0 Å². The summed E-state index contributed by atoms with van der Waals surface area (Å²) in [6.07, 6.45) is 2.11. The van der Waals surface area contributed by atoms with E-state index in [0.29, 0.717) is 12.1 Å². The molecule has 0 bridgehead atoms. The Hall–Kier alpha value is -1.17. The van der Waals surface area contributed by atoms with E-state index in [1.54, 1.807) is 30.9 Å². The number of hydrogen-bond donors (Lipinski definition) is 1. The van der Waals surface area contributed by atoms with E-state index in [1.807, 2.05) is 0 Å². The van der Waals surface area contributed by atoms with Gasteiger partial charge in [-0.3, -0.25) is 13.7 Å². The van der Waals surface area contributed by atoms with Crippen LogP contribution in [0.25, 0.3) is 0 Å². The second kappa shape index (κ2) is 5.06. The first-order chi connectivity index (χ1) is 7.04. The highest BCUT2D eigenvalue weighted by molar-refractivity contribution is 7.85. The number of rotatable bonds is 5. The summed E-state index contributed by atoms with van der Waals surface area (Å²) in [7, 11) is 0.364. The third-order valence-electron chi connectivity index (χ3n) is 2.02. The number of carbonyl (C=O) groups is 1. The van der Waals surface area contributed by atoms with Gasteiger partial charge >= 0.3 is 5.97 Å². The molecule has 1 rings (SSSR count). The Bertz CT molecular complexity index is 375. The van der Waals surface area contributed by atoms with Crippen molar-refractivity contribution in [1.29, 1.82) is 0 Å². The molecule has 1 heterocycles. The summed E-state index contributed by atoms with van der Waals surface area (Å²) in [6, 6.07) is 1.74. The molecule has 15 heavy (non-hydrogen) atoms. The van der Waals surface area contributed by atoms with E-state index in [9.17, 15) is 9.00 Å². The molecule has 0 fully saturated rings. The summed E-state index contributed by atoms with van der Waals surface area (Å²) in [6.45, 7) is 1.72. The zero-order valence-electron chi connectivity index (χ0n) is 8.71. The number of aryl methyl sites for hydroxylation is 1. The zero-order chi connectivity index (χ0) is 11.4. The van der Waals surface area contributed by atoms with Gasteiger partial charge in [0.1, 0.15) is 5.25 Å². The van der Waals surface area contributed by atoms with Gasteiger partial charge in [-0.1, -0.05) is 6.92 Å². The van der Waals surface area contributed by atoms with Crippen LogP contribution < -0.4 is 0 Å². The topological polar surface area (TPSA) is 72.2 Å². The van der Waals surface area contributed by atoms with Crippen LogP contribution in [0, 0.1) is 0 Å². The lowest BCUT2D eigenvalue weighted by Crippen LogP contribution is -2.25. The minimum atomic E-state index is -1.40. The highest BCUT2D eigenvalue weighted by Crippen LogP contribution is 2.08. The molecule has 0 amide bonds.